The summed E-state index contributed by atoms with van der Waals surface area (Å²) in [5, 5.41) is 3.59. The van der Waals surface area contributed by atoms with Crippen LogP contribution in [0, 0.1) is 13.8 Å². The first-order valence-corrected chi connectivity index (χ1v) is 11.6. The molecule has 0 fully saturated rings. The number of pyridine rings is 2. The van der Waals surface area contributed by atoms with Crippen molar-refractivity contribution in [1.29, 1.82) is 0 Å². The fraction of sp³-hybridized carbons (Fsp3) is 0.300. The molecule has 0 bridgehead atoms. The van der Waals surface area contributed by atoms with E-state index in [4.69, 9.17) is 1.37 Å². The largest absolute Gasteiger partial charge is 0.264 e. The lowest BCUT2D eigenvalue weighted by Gasteiger charge is -2.18. The van der Waals surface area contributed by atoms with Gasteiger partial charge in [0.05, 0.1) is 20.4 Å². The molecule has 2 aromatic heterocycles. The molecule has 23 heavy (non-hydrogen) atoms. The summed E-state index contributed by atoms with van der Waals surface area (Å²) in [6.45, 7) is 11.2. The van der Waals surface area contributed by atoms with Gasteiger partial charge in [-0.05, 0) is 30.0 Å². The Labute approximate surface area is 141 Å². The van der Waals surface area contributed by atoms with Crippen LogP contribution in [0.2, 0.25) is 19.6 Å². The average Bonchev–Trinajstić information content (AvgIpc) is 2.53. The van der Waals surface area contributed by atoms with Crippen molar-refractivity contribution in [2.45, 2.75) is 33.5 Å². The number of hydrogen-bond donors (Lipinski definition) is 0. The zero-order valence-electron chi connectivity index (χ0n) is 15.9. The van der Waals surface area contributed by atoms with Crippen LogP contribution in [0.15, 0.2) is 42.7 Å². The molecule has 0 N–H and O–H groups in total. The van der Waals surface area contributed by atoms with Crippen molar-refractivity contribution in [2.75, 3.05) is 0 Å². The molecule has 0 radical (unpaired) electrons. The van der Waals surface area contributed by atoms with Crippen LogP contribution in [-0.4, -0.2) is 13.1 Å². The smallest absolute Gasteiger partial charge is 0.220 e. The highest BCUT2D eigenvalue weighted by Gasteiger charge is 2.22. The van der Waals surface area contributed by atoms with Gasteiger partial charge in [0.2, 0.25) is 5.69 Å². The third-order valence-electron chi connectivity index (χ3n) is 4.57. The number of hydrogen-bond acceptors (Lipinski definition) is 1. The number of benzene rings is 1. The van der Waals surface area contributed by atoms with E-state index >= 15 is 0 Å². The highest BCUT2D eigenvalue weighted by Crippen LogP contribution is 2.28. The summed E-state index contributed by atoms with van der Waals surface area (Å²) in [7, 11) is 0.638. The van der Waals surface area contributed by atoms with Crippen molar-refractivity contribution in [3.63, 3.8) is 0 Å². The van der Waals surface area contributed by atoms with E-state index in [2.05, 4.69) is 67.4 Å². The van der Waals surface area contributed by atoms with Crippen molar-refractivity contribution >= 4 is 24.0 Å². The summed E-state index contributed by atoms with van der Waals surface area (Å²) in [4.78, 5) is 4.23. The Balaban J connectivity index is 2.45. The van der Waals surface area contributed by atoms with Gasteiger partial charge < -0.3 is 0 Å². The van der Waals surface area contributed by atoms with Crippen LogP contribution in [0.5, 0.6) is 0 Å². The van der Waals surface area contributed by atoms with Crippen molar-refractivity contribution in [1.82, 2.24) is 4.98 Å². The Morgan fingerprint density at radius 3 is 2.52 bits per heavy atom. The number of rotatable bonds is 2. The van der Waals surface area contributed by atoms with Gasteiger partial charge in [0.15, 0.2) is 5.69 Å². The monoisotopic (exact) mass is 322 g/mol. The molecule has 0 saturated carbocycles. The summed E-state index contributed by atoms with van der Waals surface area (Å²) < 4.78 is 10.8. The molecule has 3 heteroatoms. The van der Waals surface area contributed by atoms with Crippen molar-refractivity contribution in [3.8, 4) is 11.3 Å². The van der Waals surface area contributed by atoms with E-state index in [1.807, 2.05) is 19.3 Å². The third-order valence-corrected chi connectivity index (χ3v) is 6.61. The standard InChI is InChI=1S/C20H25N2Si/c1-14-13-21-10-9-18(14)20-19-8-7-17(23(4,5)6)12-16(19)11-15(2)22(20)3/h7-13H,1-6H3/q+1/i11D. The minimum absolute atomic E-state index is 0.628. The van der Waals surface area contributed by atoms with Gasteiger partial charge in [-0.1, -0.05) is 37.0 Å². The van der Waals surface area contributed by atoms with Crippen molar-refractivity contribution < 1.29 is 5.94 Å². The predicted octanol–water partition coefficient (Wildman–Crippen LogP) is 3.89. The molecule has 0 aliphatic rings. The second-order valence-electron chi connectivity index (χ2n) is 7.32. The molecule has 3 aromatic rings. The summed E-state index contributed by atoms with van der Waals surface area (Å²) in [5.74, 6) is 0. The first kappa shape index (κ1) is 14.6. The Morgan fingerprint density at radius 1 is 1.13 bits per heavy atom. The van der Waals surface area contributed by atoms with Gasteiger partial charge >= 0.3 is 0 Å². The Hall–Kier alpha value is -2.00. The highest BCUT2D eigenvalue weighted by molar-refractivity contribution is 6.88. The maximum absolute atomic E-state index is 8.63. The fourth-order valence-electron chi connectivity index (χ4n) is 3.01. The van der Waals surface area contributed by atoms with Crippen LogP contribution in [0.1, 0.15) is 12.6 Å². The molecule has 0 aliphatic heterocycles. The topological polar surface area (TPSA) is 16.8 Å². The predicted molar refractivity (Wildman–Crippen MR) is 101 cm³/mol. The van der Waals surface area contributed by atoms with Gasteiger partial charge in [0.1, 0.15) is 7.05 Å². The lowest BCUT2D eigenvalue weighted by molar-refractivity contribution is -0.665. The van der Waals surface area contributed by atoms with E-state index in [1.54, 1.807) is 0 Å². The molecule has 3 rings (SSSR count). The van der Waals surface area contributed by atoms with Gasteiger partial charge in [-0.15, -0.1) is 0 Å². The fourth-order valence-corrected chi connectivity index (χ4v) is 4.17. The summed E-state index contributed by atoms with van der Waals surface area (Å²) in [6.07, 6.45) is 3.75. The molecular weight excluding hydrogens is 296 g/mol. The lowest BCUT2D eigenvalue weighted by atomic mass is 10.0. The molecule has 118 valence electrons. The first-order chi connectivity index (χ1) is 11.2. The molecule has 0 unspecified atom stereocenters. The molecule has 2 nitrogen and oxygen atoms in total. The van der Waals surface area contributed by atoms with Crippen molar-refractivity contribution in [3.05, 3.63) is 54.0 Å². The van der Waals surface area contributed by atoms with Crippen LogP contribution < -0.4 is 9.75 Å². The molecule has 1 aromatic carbocycles. The van der Waals surface area contributed by atoms with E-state index in [0.29, 0.717) is 6.04 Å². The average molecular weight is 323 g/mol. The Kier molecular flexibility index (Phi) is 3.53. The summed E-state index contributed by atoms with van der Waals surface area (Å²) in [5.41, 5.74) is 4.49. The van der Waals surface area contributed by atoms with Gasteiger partial charge in [-0.25, -0.2) is 0 Å². The third kappa shape index (κ3) is 2.81. The van der Waals surface area contributed by atoms with E-state index < -0.39 is 8.07 Å². The minimum atomic E-state index is -1.41. The van der Waals surface area contributed by atoms with E-state index in [9.17, 15) is 0 Å². The van der Waals surface area contributed by atoms with E-state index in [0.717, 1.165) is 22.0 Å². The molecule has 0 atom stereocenters. The van der Waals surface area contributed by atoms with Crippen LogP contribution >= 0.6 is 0 Å². The van der Waals surface area contributed by atoms with Crippen molar-refractivity contribution in [2.24, 2.45) is 7.05 Å². The highest BCUT2D eigenvalue weighted by atomic mass is 28.3. The quantitative estimate of drug-likeness (QED) is 0.517. The van der Waals surface area contributed by atoms with Gasteiger partial charge in [-0.3, -0.25) is 4.98 Å². The molecule has 0 saturated heterocycles. The second kappa shape index (κ2) is 5.57. The maximum Gasteiger partial charge on any atom is 0.220 e. The normalized spacial score (nSPS) is 12.5. The summed E-state index contributed by atoms with van der Waals surface area (Å²) >= 11 is 0. The zero-order valence-corrected chi connectivity index (χ0v) is 15.9. The first-order valence-electron chi connectivity index (χ1n) is 8.56. The molecular formula is C20H25N2Si+. The second-order valence-corrected chi connectivity index (χ2v) is 12.4. The lowest BCUT2D eigenvalue weighted by Crippen LogP contribution is -2.38. The maximum atomic E-state index is 8.63. The van der Waals surface area contributed by atoms with Gasteiger partial charge in [-0.2, -0.15) is 4.57 Å². The molecule has 0 amide bonds. The number of aryl methyl sites for hydroxylation is 1. The zero-order chi connectivity index (χ0) is 17.6. The number of aromatic nitrogens is 2. The number of nitrogens with zero attached hydrogens (tertiary/aromatic N) is 2. The van der Waals surface area contributed by atoms with Crippen LogP contribution in [0.4, 0.5) is 0 Å². The summed E-state index contributed by atoms with van der Waals surface area (Å²) in [6, 6.07) is 9.40. The minimum Gasteiger partial charge on any atom is -0.264 e. The Bertz CT molecular complexity index is 943. The Morgan fingerprint density at radius 2 is 1.87 bits per heavy atom. The molecule has 2 heterocycles. The van der Waals surface area contributed by atoms with Crippen LogP contribution in [-0.2, 0) is 7.05 Å². The van der Waals surface area contributed by atoms with Crippen LogP contribution in [0.25, 0.3) is 22.0 Å². The van der Waals surface area contributed by atoms with Gasteiger partial charge in [0.25, 0.3) is 0 Å². The molecule has 0 aliphatic carbocycles. The van der Waals surface area contributed by atoms with Crippen LogP contribution in [0.3, 0.4) is 0 Å². The van der Waals surface area contributed by atoms with E-state index in [-0.39, 0.29) is 0 Å². The molecule has 0 spiro atoms. The van der Waals surface area contributed by atoms with Gasteiger partial charge in [0, 0.05) is 25.4 Å². The SMILES string of the molecule is [2H]c1c(C)[n+](C)c(-c2ccncc2C)c2ccc([Si](C)(C)C)cc12. The number of fused-ring (bicyclic) bond motifs is 1. The van der Waals surface area contributed by atoms with E-state index in [1.165, 1.54) is 16.4 Å².